The lowest BCUT2D eigenvalue weighted by Gasteiger charge is -2.05. The third-order valence-corrected chi connectivity index (χ3v) is 3.01. The van der Waals surface area contributed by atoms with E-state index in [1.807, 2.05) is 0 Å². The molecule has 0 bridgehead atoms. The van der Waals surface area contributed by atoms with Gasteiger partial charge >= 0.3 is 5.97 Å². The average molecular weight is 288 g/mol. The second-order valence-electron chi connectivity index (χ2n) is 3.36. The van der Waals surface area contributed by atoms with Crippen molar-refractivity contribution in [2.24, 2.45) is 0 Å². The van der Waals surface area contributed by atoms with Crippen LogP contribution in [0.15, 0.2) is 24.3 Å². The van der Waals surface area contributed by atoms with E-state index in [4.69, 9.17) is 16.3 Å². The number of rotatable bonds is 6. The van der Waals surface area contributed by atoms with Gasteiger partial charge in [-0.15, -0.1) is 11.8 Å². The fourth-order valence-corrected chi connectivity index (χ4v) is 1.99. The highest BCUT2D eigenvalue weighted by atomic mass is 35.5. The Kier molecular flexibility index (Phi) is 6.60. The normalized spacial score (nSPS) is 9.89. The van der Waals surface area contributed by atoms with Crippen LogP contribution in [-0.2, 0) is 14.3 Å². The van der Waals surface area contributed by atoms with E-state index in [9.17, 15) is 9.59 Å². The van der Waals surface area contributed by atoms with Gasteiger partial charge in [-0.25, -0.2) is 0 Å². The molecule has 0 spiro atoms. The summed E-state index contributed by atoms with van der Waals surface area (Å²) < 4.78 is 4.75. The number of carbonyl (C=O) groups is 2. The fourth-order valence-electron chi connectivity index (χ4n) is 1.19. The van der Waals surface area contributed by atoms with E-state index in [1.165, 1.54) is 11.8 Å². The number of hydrogen-bond acceptors (Lipinski definition) is 4. The van der Waals surface area contributed by atoms with E-state index in [-0.39, 0.29) is 23.4 Å². The standard InChI is InChI=1S/C12H14ClNO3S/c1-2-17-12(16)8-18-7-11(15)14-10-5-3-4-9(13)6-10/h3-6H,2,7-8H2,1H3,(H,14,15). The minimum Gasteiger partial charge on any atom is -0.465 e. The van der Waals surface area contributed by atoms with Crippen molar-refractivity contribution in [1.29, 1.82) is 0 Å². The molecule has 0 heterocycles. The van der Waals surface area contributed by atoms with Crippen LogP contribution >= 0.6 is 23.4 Å². The first-order valence-corrected chi connectivity index (χ1v) is 6.94. The molecule has 1 aromatic rings. The Bertz CT molecular complexity index is 426. The summed E-state index contributed by atoms with van der Waals surface area (Å²) in [5, 5.41) is 3.25. The molecule has 4 nitrogen and oxygen atoms in total. The summed E-state index contributed by atoms with van der Waals surface area (Å²) in [5.74, 6) is -0.105. The molecule has 0 unspecified atom stereocenters. The van der Waals surface area contributed by atoms with E-state index in [0.717, 1.165) is 0 Å². The van der Waals surface area contributed by atoms with Crippen molar-refractivity contribution in [2.45, 2.75) is 6.92 Å². The minimum absolute atomic E-state index is 0.174. The van der Waals surface area contributed by atoms with Crippen LogP contribution < -0.4 is 5.32 Å². The van der Waals surface area contributed by atoms with Crippen LogP contribution in [0.1, 0.15) is 6.92 Å². The van der Waals surface area contributed by atoms with E-state index in [0.29, 0.717) is 17.3 Å². The zero-order chi connectivity index (χ0) is 13.4. The van der Waals surface area contributed by atoms with Gasteiger partial charge in [-0.05, 0) is 25.1 Å². The molecule has 0 aliphatic heterocycles. The number of carbonyl (C=O) groups excluding carboxylic acids is 2. The maximum atomic E-state index is 11.5. The van der Waals surface area contributed by atoms with Crippen LogP contribution in [0.4, 0.5) is 5.69 Å². The largest absolute Gasteiger partial charge is 0.465 e. The number of halogens is 1. The summed E-state index contributed by atoms with van der Waals surface area (Å²) in [5.41, 5.74) is 0.643. The lowest BCUT2D eigenvalue weighted by Crippen LogP contribution is -2.16. The quantitative estimate of drug-likeness (QED) is 0.817. The van der Waals surface area contributed by atoms with Gasteiger partial charge in [0.2, 0.25) is 5.91 Å². The topological polar surface area (TPSA) is 55.4 Å². The molecule has 0 fully saturated rings. The molecule has 1 aromatic carbocycles. The SMILES string of the molecule is CCOC(=O)CSCC(=O)Nc1cccc(Cl)c1. The molecule has 0 aliphatic rings. The van der Waals surface area contributed by atoms with Crippen molar-refractivity contribution in [3.05, 3.63) is 29.3 Å². The highest BCUT2D eigenvalue weighted by Gasteiger charge is 2.06. The molecular formula is C12H14ClNO3S. The van der Waals surface area contributed by atoms with E-state index in [2.05, 4.69) is 5.32 Å². The van der Waals surface area contributed by atoms with E-state index < -0.39 is 0 Å². The molecule has 98 valence electrons. The molecule has 0 saturated carbocycles. The first-order chi connectivity index (χ1) is 8.61. The fraction of sp³-hybridized carbons (Fsp3) is 0.333. The van der Waals surface area contributed by atoms with Gasteiger partial charge in [0.25, 0.3) is 0 Å². The van der Waals surface area contributed by atoms with E-state index >= 15 is 0 Å². The first kappa shape index (κ1) is 14.9. The minimum atomic E-state index is -0.307. The summed E-state index contributed by atoms with van der Waals surface area (Å²) in [6, 6.07) is 6.89. The number of nitrogens with one attached hydrogen (secondary N) is 1. The van der Waals surface area contributed by atoms with Gasteiger partial charge in [0.1, 0.15) is 0 Å². The van der Waals surface area contributed by atoms with Crippen molar-refractivity contribution < 1.29 is 14.3 Å². The number of hydrogen-bond donors (Lipinski definition) is 1. The average Bonchev–Trinajstić information content (AvgIpc) is 2.29. The molecule has 0 aliphatic carbocycles. The van der Waals surface area contributed by atoms with Gasteiger partial charge < -0.3 is 10.1 Å². The Hall–Kier alpha value is -1.20. The van der Waals surface area contributed by atoms with Crippen LogP contribution in [0.5, 0.6) is 0 Å². The monoisotopic (exact) mass is 287 g/mol. The van der Waals surface area contributed by atoms with Crippen molar-refractivity contribution in [3.8, 4) is 0 Å². The smallest absolute Gasteiger partial charge is 0.315 e. The molecule has 0 saturated heterocycles. The molecule has 18 heavy (non-hydrogen) atoms. The Morgan fingerprint density at radius 2 is 2.17 bits per heavy atom. The second-order valence-corrected chi connectivity index (χ2v) is 4.78. The zero-order valence-electron chi connectivity index (χ0n) is 9.94. The van der Waals surface area contributed by atoms with Crippen molar-refractivity contribution >= 4 is 40.9 Å². The van der Waals surface area contributed by atoms with Gasteiger partial charge in [0.15, 0.2) is 0 Å². The lowest BCUT2D eigenvalue weighted by atomic mass is 10.3. The van der Waals surface area contributed by atoms with Gasteiger partial charge in [-0.3, -0.25) is 9.59 Å². The number of thioether (sulfide) groups is 1. The summed E-state index contributed by atoms with van der Waals surface area (Å²) in [6.07, 6.45) is 0. The summed E-state index contributed by atoms with van der Waals surface area (Å²) in [4.78, 5) is 22.6. The highest BCUT2D eigenvalue weighted by molar-refractivity contribution is 8.00. The van der Waals surface area contributed by atoms with Crippen LogP contribution in [0.25, 0.3) is 0 Å². The predicted octanol–water partition coefficient (Wildman–Crippen LogP) is 2.57. The molecule has 6 heteroatoms. The molecule has 1 amide bonds. The summed E-state index contributed by atoms with van der Waals surface area (Å²) in [6.45, 7) is 2.10. The Morgan fingerprint density at radius 3 is 2.83 bits per heavy atom. The maximum Gasteiger partial charge on any atom is 0.315 e. The summed E-state index contributed by atoms with van der Waals surface area (Å²) in [7, 11) is 0. The van der Waals surface area contributed by atoms with Gasteiger partial charge in [-0.1, -0.05) is 17.7 Å². The second kappa shape index (κ2) is 8.00. The van der Waals surface area contributed by atoms with Gasteiger partial charge in [-0.2, -0.15) is 0 Å². The Labute approximate surface area is 115 Å². The third-order valence-electron chi connectivity index (χ3n) is 1.87. The molecule has 0 radical (unpaired) electrons. The van der Waals surface area contributed by atoms with Crippen molar-refractivity contribution in [3.63, 3.8) is 0 Å². The van der Waals surface area contributed by atoms with Gasteiger partial charge in [0, 0.05) is 10.7 Å². The summed E-state index contributed by atoms with van der Waals surface area (Å²) >= 11 is 7.00. The van der Waals surface area contributed by atoms with Crippen molar-refractivity contribution in [2.75, 3.05) is 23.4 Å². The highest BCUT2D eigenvalue weighted by Crippen LogP contribution is 2.15. The van der Waals surface area contributed by atoms with Crippen LogP contribution in [-0.4, -0.2) is 30.0 Å². The Balaban J connectivity index is 2.28. The Morgan fingerprint density at radius 1 is 1.39 bits per heavy atom. The number of ether oxygens (including phenoxy) is 1. The zero-order valence-corrected chi connectivity index (χ0v) is 11.5. The third kappa shape index (κ3) is 5.93. The number of anilines is 1. The molecule has 0 aromatic heterocycles. The predicted molar refractivity (Wildman–Crippen MR) is 74.0 cm³/mol. The number of esters is 1. The number of amides is 1. The van der Waals surface area contributed by atoms with Crippen LogP contribution in [0.3, 0.4) is 0 Å². The van der Waals surface area contributed by atoms with Crippen molar-refractivity contribution in [1.82, 2.24) is 0 Å². The van der Waals surface area contributed by atoms with Crippen LogP contribution in [0, 0.1) is 0 Å². The molecular weight excluding hydrogens is 274 g/mol. The molecule has 0 atom stereocenters. The number of benzene rings is 1. The molecule has 1 N–H and O–H groups in total. The molecule has 1 rings (SSSR count). The van der Waals surface area contributed by atoms with Gasteiger partial charge in [0.05, 0.1) is 18.1 Å². The first-order valence-electron chi connectivity index (χ1n) is 5.40. The maximum absolute atomic E-state index is 11.5. The lowest BCUT2D eigenvalue weighted by molar-refractivity contribution is -0.139. The van der Waals surface area contributed by atoms with Crippen LogP contribution in [0.2, 0.25) is 5.02 Å². The van der Waals surface area contributed by atoms with E-state index in [1.54, 1.807) is 31.2 Å².